The van der Waals surface area contributed by atoms with E-state index in [-0.39, 0.29) is 49.5 Å². The van der Waals surface area contributed by atoms with Crippen LogP contribution < -0.4 is 9.64 Å². The maximum atomic E-state index is 17.2. The van der Waals surface area contributed by atoms with Gasteiger partial charge in [-0.1, -0.05) is 43.7 Å². The molecule has 0 amide bonds. The number of anilines is 1. The van der Waals surface area contributed by atoms with E-state index in [1.807, 2.05) is 19.1 Å². The van der Waals surface area contributed by atoms with E-state index in [1.54, 1.807) is 12.1 Å². The molecule has 3 atom stereocenters. The van der Waals surface area contributed by atoms with E-state index >= 15 is 4.39 Å². The number of hydrogen-bond acceptors (Lipinski definition) is 8. The minimum atomic E-state index is -2.74. The van der Waals surface area contributed by atoms with Crippen molar-refractivity contribution in [1.29, 1.82) is 0 Å². The lowest BCUT2D eigenvalue weighted by Crippen LogP contribution is -2.36. The molecule has 2 fully saturated rings. The Balaban J connectivity index is 1.36. The standard InChI is InChI=1S/C37H47F3N4O4/c1-22-4-6-24(7-5-22)33(38)32-30(23-8-12-37(39,40)13-9-23)31-28(16-36(2,3)17-29(31)47)43-34(32)25-10-14-44(15-11-25)35-41-18-27(19-42-35)48-21-26(46)20-45/h4-7,18-19,23,25-26,29,33,45-47H,8-17,20-21H2,1-3H3/t26-,29?,33?/m0/s1. The van der Waals surface area contributed by atoms with E-state index in [9.17, 15) is 19.0 Å². The van der Waals surface area contributed by atoms with Gasteiger partial charge in [-0.3, -0.25) is 4.98 Å². The number of pyridine rings is 1. The first-order valence-corrected chi connectivity index (χ1v) is 17.2. The Morgan fingerprint density at radius 1 is 0.979 bits per heavy atom. The van der Waals surface area contributed by atoms with Gasteiger partial charge in [0.15, 0.2) is 11.9 Å². The number of aliphatic hydroxyl groups is 3. The molecule has 11 heteroatoms. The third-order valence-corrected chi connectivity index (χ3v) is 10.3. The summed E-state index contributed by atoms with van der Waals surface area (Å²) < 4.78 is 51.5. The van der Waals surface area contributed by atoms with Gasteiger partial charge in [0, 0.05) is 48.7 Å². The van der Waals surface area contributed by atoms with E-state index in [1.165, 1.54) is 12.4 Å². The van der Waals surface area contributed by atoms with Crippen LogP contribution in [0.15, 0.2) is 36.7 Å². The fourth-order valence-electron chi connectivity index (χ4n) is 7.76. The SMILES string of the molecule is Cc1ccc(C(F)c2c(C3CCN(c4ncc(OC[C@@H](O)CO)cn4)CC3)nc3c(c2C2CCC(F)(F)CC2)C(O)CC(C)(C)C3)cc1. The first-order chi connectivity index (χ1) is 22.8. The number of aryl methyl sites for hydroxylation is 1. The zero-order chi connectivity index (χ0) is 34.2. The highest BCUT2D eigenvalue weighted by molar-refractivity contribution is 5.51. The van der Waals surface area contributed by atoms with Crippen molar-refractivity contribution in [3.05, 3.63) is 75.9 Å². The first kappa shape index (κ1) is 34.6. The molecule has 0 spiro atoms. The minimum absolute atomic E-state index is 0.0711. The average Bonchev–Trinajstić information content (AvgIpc) is 3.06. The summed E-state index contributed by atoms with van der Waals surface area (Å²) in [6.45, 7) is 6.89. The summed E-state index contributed by atoms with van der Waals surface area (Å²) >= 11 is 0. The van der Waals surface area contributed by atoms with Crippen molar-refractivity contribution in [2.24, 2.45) is 5.41 Å². The Morgan fingerprint density at radius 2 is 1.62 bits per heavy atom. The van der Waals surface area contributed by atoms with Crippen molar-refractivity contribution in [2.45, 2.75) is 108 Å². The Labute approximate surface area is 280 Å². The fourth-order valence-corrected chi connectivity index (χ4v) is 7.76. The Morgan fingerprint density at radius 3 is 2.25 bits per heavy atom. The second kappa shape index (κ2) is 13.9. The van der Waals surface area contributed by atoms with Gasteiger partial charge in [-0.25, -0.2) is 23.1 Å². The number of nitrogens with zero attached hydrogens (tertiary/aromatic N) is 4. The van der Waals surface area contributed by atoms with Crippen LogP contribution in [0.25, 0.3) is 0 Å². The summed E-state index contributed by atoms with van der Waals surface area (Å²) in [4.78, 5) is 16.2. The summed E-state index contributed by atoms with van der Waals surface area (Å²) in [7, 11) is 0. The van der Waals surface area contributed by atoms with Crippen molar-refractivity contribution in [2.75, 3.05) is 31.2 Å². The highest BCUT2D eigenvalue weighted by atomic mass is 19.3. The zero-order valence-electron chi connectivity index (χ0n) is 28.0. The van der Waals surface area contributed by atoms with Gasteiger partial charge in [-0.2, -0.15) is 0 Å². The molecule has 0 radical (unpaired) electrons. The molecule has 1 saturated heterocycles. The monoisotopic (exact) mass is 668 g/mol. The van der Waals surface area contributed by atoms with Crippen LogP contribution in [0.4, 0.5) is 19.1 Å². The van der Waals surface area contributed by atoms with Crippen LogP contribution in [0, 0.1) is 12.3 Å². The van der Waals surface area contributed by atoms with E-state index < -0.39 is 30.9 Å². The number of fused-ring (bicyclic) bond motifs is 1. The molecule has 48 heavy (non-hydrogen) atoms. The molecule has 6 rings (SSSR count). The molecule has 2 aliphatic carbocycles. The van der Waals surface area contributed by atoms with Gasteiger partial charge in [0.1, 0.15) is 12.7 Å². The molecule has 1 aromatic carbocycles. The predicted molar refractivity (Wildman–Crippen MR) is 176 cm³/mol. The maximum absolute atomic E-state index is 17.2. The lowest BCUT2D eigenvalue weighted by Gasteiger charge is -2.41. The summed E-state index contributed by atoms with van der Waals surface area (Å²) in [5.41, 5.74) is 4.60. The molecule has 3 heterocycles. The molecule has 2 aromatic heterocycles. The summed E-state index contributed by atoms with van der Waals surface area (Å²) in [5, 5.41) is 30.2. The first-order valence-electron chi connectivity index (χ1n) is 17.2. The van der Waals surface area contributed by atoms with Gasteiger partial charge in [-0.15, -0.1) is 0 Å². The second-order valence-electron chi connectivity index (χ2n) is 14.8. The number of rotatable bonds is 9. The number of hydrogen-bond donors (Lipinski definition) is 3. The topological polar surface area (TPSA) is 112 Å². The van der Waals surface area contributed by atoms with Gasteiger partial charge < -0.3 is 25.0 Å². The third-order valence-electron chi connectivity index (χ3n) is 10.3. The lowest BCUT2D eigenvalue weighted by atomic mass is 9.68. The van der Waals surface area contributed by atoms with E-state index in [0.717, 1.165) is 11.3 Å². The number of halogens is 3. The normalized spacial score (nSPS) is 22.6. The van der Waals surface area contributed by atoms with Crippen LogP contribution in [-0.4, -0.2) is 68.6 Å². The Kier molecular flexibility index (Phi) is 10.0. The molecule has 260 valence electrons. The smallest absolute Gasteiger partial charge is 0.248 e. The van der Waals surface area contributed by atoms with Crippen molar-refractivity contribution in [1.82, 2.24) is 15.0 Å². The van der Waals surface area contributed by atoms with Crippen LogP contribution >= 0.6 is 0 Å². The Bertz CT molecular complexity index is 1550. The molecular weight excluding hydrogens is 621 g/mol. The highest BCUT2D eigenvalue weighted by Crippen LogP contribution is 2.52. The number of benzene rings is 1. The summed E-state index contributed by atoms with van der Waals surface area (Å²) in [6, 6.07) is 7.35. The largest absolute Gasteiger partial charge is 0.488 e. The predicted octanol–water partition coefficient (Wildman–Crippen LogP) is 6.65. The molecule has 8 nitrogen and oxygen atoms in total. The van der Waals surface area contributed by atoms with Gasteiger partial charge in [0.05, 0.1) is 30.8 Å². The van der Waals surface area contributed by atoms with E-state index in [2.05, 4.69) is 28.7 Å². The quantitative estimate of drug-likeness (QED) is 0.232. The lowest BCUT2D eigenvalue weighted by molar-refractivity contribution is -0.0385. The average molecular weight is 669 g/mol. The summed E-state index contributed by atoms with van der Waals surface area (Å²) in [6.07, 6.45) is 2.14. The number of alkyl halides is 3. The van der Waals surface area contributed by atoms with Gasteiger partial charge in [-0.05, 0) is 67.9 Å². The maximum Gasteiger partial charge on any atom is 0.248 e. The molecule has 2 unspecified atom stereocenters. The van der Waals surface area contributed by atoms with Crippen molar-refractivity contribution in [3.63, 3.8) is 0 Å². The van der Waals surface area contributed by atoms with Crippen LogP contribution in [-0.2, 0) is 6.42 Å². The van der Waals surface area contributed by atoms with Gasteiger partial charge in [0.2, 0.25) is 11.9 Å². The van der Waals surface area contributed by atoms with Gasteiger partial charge >= 0.3 is 0 Å². The van der Waals surface area contributed by atoms with Crippen molar-refractivity contribution in [3.8, 4) is 5.75 Å². The van der Waals surface area contributed by atoms with E-state index in [0.29, 0.717) is 78.4 Å². The molecular formula is C37H47F3N4O4. The van der Waals surface area contributed by atoms with Crippen LogP contribution in [0.1, 0.15) is 122 Å². The van der Waals surface area contributed by atoms with Crippen LogP contribution in [0.5, 0.6) is 5.75 Å². The number of ether oxygens (including phenoxy) is 1. The molecule has 3 N–H and O–H groups in total. The molecule has 0 bridgehead atoms. The molecule has 3 aliphatic rings. The molecule has 3 aromatic rings. The van der Waals surface area contributed by atoms with Crippen molar-refractivity contribution < 1.29 is 33.2 Å². The zero-order valence-corrected chi connectivity index (χ0v) is 28.0. The van der Waals surface area contributed by atoms with Crippen LogP contribution in [0.2, 0.25) is 0 Å². The van der Waals surface area contributed by atoms with Crippen LogP contribution in [0.3, 0.4) is 0 Å². The molecule has 1 saturated carbocycles. The third kappa shape index (κ3) is 7.48. The highest BCUT2D eigenvalue weighted by Gasteiger charge is 2.43. The minimum Gasteiger partial charge on any atom is -0.488 e. The molecule has 1 aliphatic heterocycles. The summed E-state index contributed by atoms with van der Waals surface area (Å²) in [5.74, 6) is -2.20. The van der Waals surface area contributed by atoms with E-state index in [4.69, 9.17) is 14.8 Å². The fraction of sp³-hybridized carbons (Fsp3) is 0.595. The Hall–Kier alpha value is -3.28. The van der Waals surface area contributed by atoms with Crippen molar-refractivity contribution >= 4 is 5.95 Å². The number of aliphatic hydroxyl groups excluding tert-OH is 3. The number of aromatic nitrogens is 3. The van der Waals surface area contributed by atoms with Gasteiger partial charge in [0.25, 0.3) is 0 Å². The second-order valence-corrected chi connectivity index (χ2v) is 14.8. The number of piperidine rings is 1.